The van der Waals surface area contributed by atoms with E-state index in [1.54, 1.807) is 0 Å². The molecule has 0 aromatic rings. The summed E-state index contributed by atoms with van der Waals surface area (Å²) in [6.45, 7) is 8.30. The highest BCUT2D eigenvalue weighted by Crippen LogP contribution is 2.39. The molecule has 21 heavy (non-hydrogen) atoms. The average molecular weight is 294 g/mol. The second-order valence-electron chi connectivity index (χ2n) is 6.89. The summed E-state index contributed by atoms with van der Waals surface area (Å²) in [6, 6.07) is -0.211. The van der Waals surface area contributed by atoms with Crippen LogP contribution in [0.25, 0.3) is 0 Å². The quantitative estimate of drug-likeness (QED) is 0.866. The molecule has 0 aromatic carbocycles. The third-order valence-corrected chi connectivity index (χ3v) is 5.60. The molecular formula is C17H30N2O2. The summed E-state index contributed by atoms with van der Waals surface area (Å²) in [7, 11) is 0. The Kier molecular flexibility index (Phi) is 4.95. The Hall–Kier alpha value is -1.06. The van der Waals surface area contributed by atoms with Crippen LogP contribution in [0.1, 0.15) is 72.6 Å². The first-order valence-electron chi connectivity index (χ1n) is 8.62. The van der Waals surface area contributed by atoms with Crippen LogP contribution in [-0.4, -0.2) is 34.3 Å². The molecular weight excluding hydrogens is 264 g/mol. The highest BCUT2D eigenvalue weighted by Gasteiger charge is 2.54. The van der Waals surface area contributed by atoms with Crippen molar-refractivity contribution in [1.82, 2.24) is 10.2 Å². The van der Waals surface area contributed by atoms with Crippen molar-refractivity contribution in [2.24, 2.45) is 5.92 Å². The molecule has 1 N–H and O–H groups in total. The first-order valence-corrected chi connectivity index (χ1v) is 8.62. The molecule has 0 radical (unpaired) electrons. The zero-order valence-electron chi connectivity index (χ0n) is 13.9. The summed E-state index contributed by atoms with van der Waals surface area (Å²) in [5, 5.41) is 3.06. The number of carbonyl (C=O) groups is 2. The van der Waals surface area contributed by atoms with Gasteiger partial charge in [-0.05, 0) is 32.1 Å². The molecule has 4 heteroatoms. The van der Waals surface area contributed by atoms with E-state index in [0.717, 1.165) is 38.5 Å². The number of nitrogens with zero attached hydrogens (tertiary/aromatic N) is 1. The van der Waals surface area contributed by atoms with E-state index in [9.17, 15) is 9.59 Å². The predicted octanol–water partition coefficient (Wildman–Crippen LogP) is 2.86. The largest absolute Gasteiger partial charge is 0.342 e. The van der Waals surface area contributed by atoms with Crippen molar-refractivity contribution in [1.29, 1.82) is 0 Å². The molecule has 3 unspecified atom stereocenters. The van der Waals surface area contributed by atoms with Crippen LogP contribution in [0.2, 0.25) is 0 Å². The SMILES string of the molecule is CCC(C)C1NC(=O)C2(CCCCC2)N(C(C)CC)C1=O. The molecule has 1 aliphatic carbocycles. The summed E-state index contributed by atoms with van der Waals surface area (Å²) in [6.07, 6.45) is 6.70. The molecule has 1 aliphatic heterocycles. The normalized spacial score (nSPS) is 28.4. The maximum atomic E-state index is 13.1. The number of nitrogens with one attached hydrogen (secondary N) is 1. The van der Waals surface area contributed by atoms with Crippen molar-refractivity contribution in [2.75, 3.05) is 0 Å². The Labute approximate surface area is 128 Å². The fraction of sp³-hybridized carbons (Fsp3) is 0.882. The van der Waals surface area contributed by atoms with Crippen LogP contribution in [-0.2, 0) is 9.59 Å². The van der Waals surface area contributed by atoms with Crippen LogP contribution < -0.4 is 5.32 Å². The lowest BCUT2D eigenvalue weighted by Crippen LogP contribution is -2.73. The van der Waals surface area contributed by atoms with E-state index in [1.165, 1.54) is 6.42 Å². The van der Waals surface area contributed by atoms with Gasteiger partial charge in [0.1, 0.15) is 11.6 Å². The van der Waals surface area contributed by atoms with E-state index in [4.69, 9.17) is 0 Å². The van der Waals surface area contributed by atoms with Gasteiger partial charge in [-0.15, -0.1) is 0 Å². The lowest BCUT2D eigenvalue weighted by atomic mass is 9.75. The molecule has 4 nitrogen and oxygen atoms in total. The topological polar surface area (TPSA) is 49.4 Å². The van der Waals surface area contributed by atoms with Crippen molar-refractivity contribution in [3.05, 3.63) is 0 Å². The zero-order chi connectivity index (χ0) is 15.6. The Morgan fingerprint density at radius 3 is 2.29 bits per heavy atom. The van der Waals surface area contributed by atoms with E-state index in [2.05, 4.69) is 33.0 Å². The molecule has 120 valence electrons. The van der Waals surface area contributed by atoms with E-state index < -0.39 is 5.54 Å². The molecule has 3 atom stereocenters. The number of piperazine rings is 1. The van der Waals surface area contributed by atoms with Crippen LogP contribution in [0.15, 0.2) is 0 Å². The molecule has 2 fully saturated rings. The molecule has 2 rings (SSSR count). The van der Waals surface area contributed by atoms with Gasteiger partial charge >= 0.3 is 0 Å². The smallest absolute Gasteiger partial charge is 0.246 e. The minimum atomic E-state index is -0.575. The van der Waals surface area contributed by atoms with Crippen molar-refractivity contribution in [2.45, 2.75) is 90.3 Å². The first kappa shape index (κ1) is 16.3. The molecule has 0 bridgehead atoms. The fourth-order valence-electron chi connectivity index (χ4n) is 3.86. The maximum Gasteiger partial charge on any atom is 0.246 e. The number of amides is 2. The summed E-state index contributed by atoms with van der Waals surface area (Å²) in [5.74, 6) is 0.418. The molecule has 2 amide bonds. The van der Waals surface area contributed by atoms with Gasteiger partial charge in [0.15, 0.2) is 0 Å². The number of hydrogen-bond donors (Lipinski definition) is 1. The first-order chi connectivity index (χ1) is 9.97. The lowest BCUT2D eigenvalue weighted by molar-refractivity contribution is -0.165. The Balaban J connectivity index is 2.37. The Morgan fingerprint density at radius 1 is 1.14 bits per heavy atom. The van der Waals surface area contributed by atoms with Gasteiger partial charge in [-0.3, -0.25) is 9.59 Å². The molecule has 1 heterocycles. The van der Waals surface area contributed by atoms with Crippen LogP contribution in [0.4, 0.5) is 0 Å². The number of rotatable bonds is 4. The van der Waals surface area contributed by atoms with Gasteiger partial charge in [-0.1, -0.05) is 46.5 Å². The van der Waals surface area contributed by atoms with Gasteiger partial charge in [0.2, 0.25) is 11.8 Å². The zero-order valence-corrected chi connectivity index (χ0v) is 13.9. The van der Waals surface area contributed by atoms with Gasteiger partial charge in [-0.2, -0.15) is 0 Å². The maximum absolute atomic E-state index is 13.1. The van der Waals surface area contributed by atoms with E-state index in [0.29, 0.717) is 0 Å². The van der Waals surface area contributed by atoms with Crippen LogP contribution in [0, 0.1) is 5.92 Å². The standard InChI is InChI=1S/C17H30N2O2/c1-5-12(3)14-15(20)19(13(4)6-2)17(16(21)18-14)10-8-7-9-11-17/h12-14H,5-11H2,1-4H3,(H,18,21). The predicted molar refractivity (Wildman–Crippen MR) is 83.8 cm³/mol. The van der Waals surface area contributed by atoms with Gasteiger partial charge in [0, 0.05) is 6.04 Å². The Morgan fingerprint density at radius 2 is 1.76 bits per heavy atom. The monoisotopic (exact) mass is 294 g/mol. The van der Waals surface area contributed by atoms with Gasteiger partial charge in [-0.25, -0.2) is 0 Å². The molecule has 2 aliphatic rings. The minimum Gasteiger partial charge on any atom is -0.342 e. The van der Waals surface area contributed by atoms with Crippen molar-refractivity contribution < 1.29 is 9.59 Å². The average Bonchev–Trinajstić information content (AvgIpc) is 2.51. The number of carbonyl (C=O) groups excluding carboxylic acids is 2. The van der Waals surface area contributed by atoms with E-state index in [-0.39, 0.29) is 29.8 Å². The Bertz CT molecular complexity index is 402. The second kappa shape index (κ2) is 6.37. The van der Waals surface area contributed by atoms with Crippen LogP contribution in [0.3, 0.4) is 0 Å². The highest BCUT2D eigenvalue weighted by atomic mass is 16.2. The summed E-state index contributed by atoms with van der Waals surface area (Å²) in [4.78, 5) is 27.9. The third kappa shape index (κ3) is 2.69. The van der Waals surface area contributed by atoms with Crippen molar-refractivity contribution >= 4 is 11.8 Å². The molecule has 1 spiro atoms. The second-order valence-corrected chi connectivity index (χ2v) is 6.89. The van der Waals surface area contributed by atoms with Crippen molar-refractivity contribution in [3.8, 4) is 0 Å². The van der Waals surface area contributed by atoms with Crippen LogP contribution in [0.5, 0.6) is 0 Å². The molecule has 0 aromatic heterocycles. The van der Waals surface area contributed by atoms with E-state index >= 15 is 0 Å². The van der Waals surface area contributed by atoms with Crippen molar-refractivity contribution in [3.63, 3.8) is 0 Å². The summed E-state index contributed by atoms with van der Waals surface area (Å²) >= 11 is 0. The van der Waals surface area contributed by atoms with E-state index in [1.807, 2.05) is 4.90 Å². The molecule has 1 saturated heterocycles. The highest BCUT2D eigenvalue weighted by molar-refractivity contribution is 6.00. The molecule has 1 saturated carbocycles. The van der Waals surface area contributed by atoms with Gasteiger partial charge in [0.05, 0.1) is 0 Å². The minimum absolute atomic E-state index is 0.0902. The summed E-state index contributed by atoms with van der Waals surface area (Å²) in [5.41, 5.74) is -0.575. The van der Waals surface area contributed by atoms with Gasteiger partial charge < -0.3 is 10.2 Å². The van der Waals surface area contributed by atoms with Crippen LogP contribution >= 0.6 is 0 Å². The lowest BCUT2D eigenvalue weighted by Gasteiger charge is -2.53. The summed E-state index contributed by atoms with van der Waals surface area (Å²) < 4.78 is 0. The number of hydrogen-bond acceptors (Lipinski definition) is 2. The fourth-order valence-corrected chi connectivity index (χ4v) is 3.86. The third-order valence-electron chi connectivity index (χ3n) is 5.60. The van der Waals surface area contributed by atoms with Gasteiger partial charge in [0.25, 0.3) is 0 Å².